The summed E-state index contributed by atoms with van der Waals surface area (Å²) >= 11 is 0. The van der Waals surface area contributed by atoms with E-state index < -0.39 is 6.03 Å². The Hall–Kier alpha value is -1.84. The fraction of sp³-hybridized carbons (Fsp3) is 0.111. The van der Waals surface area contributed by atoms with Crippen molar-refractivity contribution in [2.45, 2.75) is 6.42 Å². The number of nitrogens with one attached hydrogen (secondary N) is 1. The number of hydrogen-bond donors (Lipinski definition) is 2. The van der Waals surface area contributed by atoms with Crippen LogP contribution in [0.5, 0.6) is 0 Å². The monoisotopic (exact) mass is 177 g/mol. The van der Waals surface area contributed by atoms with Crippen LogP contribution in [0.2, 0.25) is 0 Å². The normalized spacial score (nSPS) is 18.3. The van der Waals surface area contributed by atoms with E-state index in [1.807, 2.05) is 36.5 Å². The molecule has 0 aromatic carbocycles. The quantitative estimate of drug-likeness (QED) is 0.578. The zero-order chi connectivity index (χ0) is 9.52. The molecule has 3 N–H and O–H groups in total. The van der Waals surface area contributed by atoms with Crippen molar-refractivity contribution < 1.29 is 4.79 Å². The molecular formula is C9H11N3O. The minimum absolute atomic E-state index is 0.650. The predicted molar refractivity (Wildman–Crippen MR) is 52.2 cm³/mol. The zero-order valence-corrected chi connectivity index (χ0v) is 7.10. The van der Waals surface area contributed by atoms with Crippen LogP contribution in [0.3, 0.4) is 0 Å². The van der Waals surface area contributed by atoms with Crippen molar-refractivity contribution in [2.24, 2.45) is 10.8 Å². The third kappa shape index (κ3) is 3.91. The molecule has 0 aromatic heterocycles. The molecule has 0 saturated heterocycles. The third-order valence-corrected chi connectivity index (χ3v) is 1.39. The van der Waals surface area contributed by atoms with Gasteiger partial charge in [0.05, 0.1) is 5.71 Å². The van der Waals surface area contributed by atoms with Crippen LogP contribution in [0.4, 0.5) is 4.79 Å². The van der Waals surface area contributed by atoms with Crippen LogP contribution in [0.15, 0.2) is 41.6 Å². The number of allylic oxidation sites excluding steroid dienone is 6. The molecule has 4 heteroatoms. The van der Waals surface area contributed by atoms with Gasteiger partial charge in [-0.1, -0.05) is 30.4 Å². The molecule has 0 fully saturated rings. The molecule has 13 heavy (non-hydrogen) atoms. The number of carbonyl (C=O) groups excluding carboxylic acids is 1. The first kappa shape index (κ1) is 9.25. The van der Waals surface area contributed by atoms with Gasteiger partial charge in [0.15, 0.2) is 0 Å². The first-order valence-corrected chi connectivity index (χ1v) is 3.91. The molecule has 4 nitrogen and oxygen atoms in total. The topological polar surface area (TPSA) is 67.5 Å². The number of carbonyl (C=O) groups is 1. The van der Waals surface area contributed by atoms with E-state index in [1.54, 1.807) is 0 Å². The maximum absolute atomic E-state index is 10.3. The molecule has 0 saturated carbocycles. The molecule has 68 valence electrons. The predicted octanol–water partition coefficient (Wildman–Crippen LogP) is 1.08. The fourth-order valence-corrected chi connectivity index (χ4v) is 0.840. The fourth-order valence-electron chi connectivity index (χ4n) is 0.840. The minimum atomic E-state index is -0.650. The Morgan fingerprint density at radius 3 is 2.92 bits per heavy atom. The maximum Gasteiger partial charge on any atom is 0.332 e. The van der Waals surface area contributed by atoms with E-state index in [1.165, 1.54) is 0 Å². The summed E-state index contributed by atoms with van der Waals surface area (Å²) in [5.41, 5.74) is 7.81. The molecule has 1 aliphatic rings. The van der Waals surface area contributed by atoms with Crippen molar-refractivity contribution in [3.8, 4) is 0 Å². The number of hydrogen-bond acceptors (Lipinski definition) is 2. The smallest absolute Gasteiger partial charge is 0.332 e. The number of nitrogens with two attached hydrogens (primary N) is 1. The van der Waals surface area contributed by atoms with E-state index in [2.05, 4.69) is 10.5 Å². The zero-order valence-electron chi connectivity index (χ0n) is 7.10. The lowest BCUT2D eigenvalue weighted by atomic mass is 10.2. The summed E-state index contributed by atoms with van der Waals surface area (Å²) in [4.78, 5) is 10.3. The Morgan fingerprint density at radius 2 is 2.15 bits per heavy atom. The van der Waals surface area contributed by atoms with E-state index in [-0.39, 0.29) is 0 Å². The molecule has 1 rings (SSSR count). The van der Waals surface area contributed by atoms with Gasteiger partial charge in [0.25, 0.3) is 0 Å². The number of rotatable bonds is 1. The average Bonchev–Trinajstić information content (AvgIpc) is 2.01. The summed E-state index contributed by atoms with van der Waals surface area (Å²) < 4.78 is 0. The van der Waals surface area contributed by atoms with E-state index >= 15 is 0 Å². The van der Waals surface area contributed by atoms with Crippen molar-refractivity contribution in [2.75, 3.05) is 0 Å². The first-order valence-electron chi connectivity index (χ1n) is 3.91. The van der Waals surface area contributed by atoms with Gasteiger partial charge in [-0.3, -0.25) is 0 Å². The molecule has 0 spiro atoms. The van der Waals surface area contributed by atoms with E-state index in [0.29, 0.717) is 6.42 Å². The minimum Gasteiger partial charge on any atom is -0.350 e. The number of nitrogens with zero attached hydrogens (tertiary/aromatic N) is 1. The standard InChI is InChI=1S/C9H11N3O/c10-9(13)12-11-8-6-4-2-1-3-5-7-8/h1-6H,7H2,(H3,10,12,13)/b2-1?,5-3?,6-4?,11-8-. The molecule has 0 aromatic rings. The highest BCUT2D eigenvalue weighted by Gasteiger charge is 1.93. The third-order valence-electron chi connectivity index (χ3n) is 1.39. The van der Waals surface area contributed by atoms with Crippen LogP contribution in [0.25, 0.3) is 0 Å². The lowest BCUT2D eigenvalue weighted by molar-refractivity contribution is 0.249. The van der Waals surface area contributed by atoms with Crippen LogP contribution < -0.4 is 11.2 Å². The maximum atomic E-state index is 10.3. The second-order valence-electron chi connectivity index (χ2n) is 2.46. The molecule has 1 aliphatic carbocycles. The van der Waals surface area contributed by atoms with Gasteiger partial charge in [0, 0.05) is 6.42 Å². The molecule has 0 radical (unpaired) electrons. The van der Waals surface area contributed by atoms with Crippen molar-refractivity contribution in [1.29, 1.82) is 0 Å². The SMILES string of the molecule is NC(=O)N/N=C1/C=CC=CC=CC1. The number of urea groups is 1. The van der Waals surface area contributed by atoms with Crippen molar-refractivity contribution in [3.63, 3.8) is 0 Å². The van der Waals surface area contributed by atoms with Gasteiger partial charge in [-0.25, -0.2) is 10.2 Å². The molecule has 0 heterocycles. The summed E-state index contributed by atoms with van der Waals surface area (Å²) in [6, 6.07) is -0.650. The van der Waals surface area contributed by atoms with Crippen LogP contribution in [0.1, 0.15) is 6.42 Å². The largest absolute Gasteiger partial charge is 0.350 e. The number of hydrazone groups is 1. The van der Waals surface area contributed by atoms with Gasteiger partial charge < -0.3 is 5.73 Å². The summed E-state index contributed by atoms with van der Waals surface area (Å²) in [7, 11) is 0. The Labute approximate surface area is 76.5 Å². The molecule has 0 aliphatic heterocycles. The van der Waals surface area contributed by atoms with E-state index in [4.69, 9.17) is 5.73 Å². The molecule has 0 bridgehead atoms. The van der Waals surface area contributed by atoms with Crippen LogP contribution in [-0.4, -0.2) is 11.7 Å². The van der Waals surface area contributed by atoms with Crippen LogP contribution in [0, 0.1) is 0 Å². The highest BCUT2D eigenvalue weighted by molar-refractivity contribution is 5.96. The molecule has 0 unspecified atom stereocenters. The molecule has 0 atom stereocenters. The van der Waals surface area contributed by atoms with Gasteiger partial charge in [0.2, 0.25) is 0 Å². The number of amides is 2. The highest BCUT2D eigenvalue weighted by Crippen LogP contribution is 1.96. The summed E-state index contributed by atoms with van der Waals surface area (Å²) in [6.07, 6.45) is 12.0. The summed E-state index contributed by atoms with van der Waals surface area (Å²) in [5.74, 6) is 0. The van der Waals surface area contributed by atoms with Crippen molar-refractivity contribution in [1.82, 2.24) is 5.43 Å². The Kier molecular flexibility index (Phi) is 3.50. The Bertz CT molecular complexity index is 300. The lowest BCUT2D eigenvalue weighted by Crippen LogP contribution is -2.25. The second kappa shape index (κ2) is 4.92. The van der Waals surface area contributed by atoms with Gasteiger partial charge in [-0.2, -0.15) is 5.10 Å². The average molecular weight is 177 g/mol. The van der Waals surface area contributed by atoms with E-state index in [9.17, 15) is 4.79 Å². The van der Waals surface area contributed by atoms with Gasteiger partial charge in [-0.05, 0) is 6.08 Å². The van der Waals surface area contributed by atoms with E-state index in [0.717, 1.165) is 5.71 Å². The molecule has 2 amide bonds. The highest BCUT2D eigenvalue weighted by atomic mass is 16.2. The van der Waals surface area contributed by atoms with Gasteiger partial charge in [0.1, 0.15) is 0 Å². The number of primary amides is 1. The van der Waals surface area contributed by atoms with Gasteiger partial charge in [-0.15, -0.1) is 0 Å². The first-order chi connectivity index (χ1) is 6.29. The lowest BCUT2D eigenvalue weighted by Gasteiger charge is -1.98. The summed E-state index contributed by atoms with van der Waals surface area (Å²) in [6.45, 7) is 0. The molecular weight excluding hydrogens is 166 g/mol. The Morgan fingerprint density at radius 1 is 1.38 bits per heavy atom. The second-order valence-corrected chi connectivity index (χ2v) is 2.46. The summed E-state index contributed by atoms with van der Waals surface area (Å²) in [5, 5.41) is 3.80. The van der Waals surface area contributed by atoms with Crippen molar-refractivity contribution in [3.05, 3.63) is 36.5 Å². The van der Waals surface area contributed by atoms with Crippen LogP contribution in [-0.2, 0) is 0 Å². The van der Waals surface area contributed by atoms with Gasteiger partial charge >= 0.3 is 6.03 Å². The van der Waals surface area contributed by atoms with Crippen LogP contribution >= 0.6 is 0 Å². The van der Waals surface area contributed by atoms with Crippen molar-refractivity contribution >= 4 is 11.7 Å². The Balaban J connectivity index is 2.63.